The fraction of sp³-hybridized carbons (Fsp3) is 0. The first-order chi connectivity index (χ1) is 8.18. The lowest BCUT2D eigenvalue weighted by Gasteiger charge is -2.02. The molecule has 1 amide bonds. The Morgan fingerprint density at radius 3 is 2.88 bits per heavy atom. The van der Waals surface area contributed by atoms with Crippen molar-refractivity contribution in [3.8, 4) is 0 Å². The van der Waals surface area contributed by atoms with E-state index in [2.05, 4.69) is 20.3 Å². The number of aromatic nitrogens is 3. The lowest BCUT2D eigenvalue weighted by atomic mass is 10.3. The quantitative estimate of drug-likeness (QED) is 0.723. The molecule has 0 fully saturated rings. The molecule has 0 saturated carbocycles. The van der Waals surface area contributed by atoms with E-state index in [1.807, 2.05) is 0 Å². The minimum absolute atomic E-state index is 0.165. The van der Waals surface area contributed by atoms with E-state index in [9.17, 15) is 9.59 Å². The van der Waals surface area contributed by atoms with Crippen molar-refractivity contribution in [3.63, 3.8) is 0 Å². The zero-order valence-corrected chi connectivity index (χ0v) is 8.54. The third-order valence-corrected chi connectivity index (χ3v) is 1.99. The number of anilines is 1. The maximum absolute atomic E-state index is 11.7. The number of hydrogen-bond acceptors (Lipinski definition) is 4. The number of nitrogens with zero attached hydrogens (tertiary/aromatic N) is 2. The Balaban J connectivity index is 2.21. The zero-order valence-electron chi connectivity index (χ0n) is 8.54. The normalized spacial score (nSPS) is 9.88. The van der Waals surface area contributed by atoms with Gasteiger partial charge < -0.3 is 15.4 Å². The largest absolute Gasteiger partial charge is 0.477 e. The topological polar surface area (TPSA) is 108 Å². The van der Waals surface area contributed by atoms with Gasteiger partial charge in [-0.1, -0.05) is 0 Å². The summed E-state index contributed by atoms with van der Waals surface area (Å²) in [5, 5.41) is 11.3. The van der Waals surface area contributed by atoms with Crippen molar-refractivity contribution in [2.24, 2.45) is 0 Å². The third kappa shape index (κ3) is 2.28. The first-order valence-electron chi connectivity index (χ1n) is 4.66. The molecule has 0 aliphatic carbocycles. The number of carbonyl (C=O) groups is 2. The van der Waals surface area contributed by atoms with E-state index in [0.717, 1.165) is 6.33 Å². The Bertz CT molecular complexity index is 550. The second-order valence-corrected chi connectivity index (χ2v) is 3.13. The van der Waals surface area contributed by atoms with Crippen molar-refractivity contribution in [2.75, 3.05) is 5.32 Å². The highest BCUT2D eigenvalue weighted by Crippen LogP contribution is 2.08. The summed E-state index contributed by atoms with van der Waals surface area (Å²) in [6, 6.07) is 3.29. The van der Waals surface area contributed by atoms with E-state index in [1.165, 1.54) is 6.20 Å². The molecule has 2 aromatic rings. The van der Waals surface area contributed by atoms with Crippen LogP contribution in [0.2, 0.25) is 0 Å². The summed E-state index contributed by atoms with van der Waals surface area (Å²) in [5.41, 5.74) is 0.0598. The van der Waals surface area contributed by atoms with Crippen LogP contribution in [0.4, 0.5) is 5.69 Å². The van der Waals surface area contributed by atoms with E-state index in [0.29, 0.717) is 5.69 Å². The van der Waals surface area contributed by atoms with Crippen LogP contribution in [-0.2, 0) is 0 Å². The van der Waals surface area contributed by atoms with Crippen LogP contribution in [0.15, 0.2) is 30.9 Å². The van der Waals surface area contributed by atoms with Gasteiger partial charge in [0.05, 0.1) is 18.2 Å². The smallest absolute Gasteiger partial charge is 0.354 e. The molecule has 0 aliphatic heterocycles. The Hall–Kier alpha value is -2.70. The SMILES string of the molecule is O=C(Nc1cccnc1)c1nc[nH]c1C(=O)O. The molecule has 7 nitrogen and oxygen atoms in total. The monoisotopic (exact) mass is 232 g/mol. The minimum atomic E-state index is -1.24. The second-order valence-electron chi connectivity index (χ2n) is 3.13. The van der Waals surface area contributed by atoms with Crippen molar-refractivity contribution in [2.45, 2.75) is 0 Å². The maximum Gasteiger partial charge on any atom is 0.354 e. The van der Waals surface area contributed by atoms with Gasteiger partial charge >= 0.3 is 5.97 Å². The van der Waals surface area contributed by atoms with Crippen LogP contribution >= 0.6 is 0 Å². The Morgan fingerprint density at radius 1 is 1.41 bits per heavy atom. The van der Waals surface area contributed by atoms with Crippen molar-refractivity contribution >= 4 is 17.6 Å². The Morgan fingerprint density at radius 2 is 2.24 bits per heavy atom. The molecule has 0 unspecified atom stereocenters. The lowest BCUT2D eigenvalue weighted by molar-refractivity contribution is 0.0686. The summed E-state index contributed by atoms with van der Waals surface area (Å²) in [6.45, 7) is 0. The summed E-state index contributed by atoms with van der Waals surface area (Å²) in [4.78, 5) is 32.4. The number of nitrogens with one attached hydrogen (secondary N) is 2. The van der Waals surface area contributed by atoms with Crippen molar-refractivity contribution in [1.82, 2.24) is 15.0 Å². The highest BCUT2D eigenvalue weighted by atomic mass is 16.4. The van der Waals surface area contributed by atoms with E-state index >= 15 is 0 Å². The number of H-pyrrole nitrogens is 1. The van der Waals surface area contributed by atoms with Gasteiger partial charge in [-0.15, -0.1) is 0 Å². The molecule has 0 atom stereocenters. The van der Waals surface area contributed by atoms with Crippen molar-refractivity contribution < 1.29 is 14.7 Å². The number of carboxylic acids is 1. The van der Waals surface area contributed by atoms with E-state index in [4.69, 9.17) is 5.11 Å². The molecule has 2 aromatic heterocycles. The molecule has 2 rings (SSSR count). The van der Waals surface area contributed by atoms with Gasteiger partial charge in [-0.25, -0.2) is 9.78 Å². The van der Waals surface area contributed by atoms with Crippen LogP contribution in [0.25, 0.3) is 0 Å². The van der Waals surface area contributed by atoms with E-state index in [-0.39, 0.29) is 11.4 Å². The van der Waals surface area contributed by atoms with Crippen LogP contribution in [0.5, 0.6) is 0 Å². The molecule has 3 N–H and O–H groups in total. The molecule has 0 radical (unpaired) electrons. The molecule has 17 heavy (non-hydrogen) atoms. The van der Waals surface area contributed by atoms with Gasteiger partial charge in [0.25, 0.3) is 5.91 Å². The molecule has 7 heteroatoms. The summed E-state index contributed by atoms with van der Waals surface area (Å²) in [7, 11) is 0. The number of imidazole rings is 1. The van der Waals surface area contributed by atoms with Gasteiger partial charge in [0.2, 0.25) is 0 Å². The fourth-order valence-electron chi connectivity index (χ4n) is 1.26. The molecule has 0 spiro atoms. The van der Waals surface area contributed by atoms with Gasteiger partial charge in [-0.2, -0.15) is 0 Å². The number of carboxylic acid groups (broad SMARTS) is 1. The summed E-state index contributed by atoms with van der Waals surface area (Å²) < 4.78 is 0. The minimum Gasteiger partial charge on any atom is -0.477 e. The van der Waals surface area contributed by atoms with E-state index < -0.39 is 11.9 Å². The van der Waals surface area contributed by atoms with Crippen LogP contribution < -0.4 is 5.32 Å². The highest BCUT2D eigenvalue weighted by molar-refractivity contribution is 6.08. The van der Waals surface area contributed by atoms with Crippen molar-refractivity contribution in [3.05, 3.63) is 42.2 Å². The zero-order chi connectivity index (χ0) is 12.3. The number of hydrogen-bond donors (Lipinski definition) is 3. The lowest BCUT2D eigenvalue weighted by Crippen LogP contribution is -2.16. The number of amides is 1. The predicted octanol–water partition coefficient (Wildman–Crippen LogP) is 0.755. The van der Waals surface area contributed by atoms with Gasteiger partial charge in [-0.3, -0.25) is 9.78 Å². The standard InChI is InChI=1S/C10H8N4O3/c15-9(14-6-2-1-3-11-4-6)7-8(10(16)17)13-5-12-7/h1-5H,(H,12,13)(H,14,15)(H,16,17). The highest BCUT2D eigenvalue weighted by Gasteiger charge is 2.19. The van der Waals surface area contributed by atoms with Gasteiger partial charge in [0, 0.05) is 6.20 Å². The average Bonchev–Trinajstić information content (AvgIpc) is 2.79. The summed E-state index contributed by atoms with van der Waals surface area (Å²) in [5.74, 6) is -1.84. The molecule has 2 heterocycles. The Labute approximate surface area is 95.5 Å². The molecule has 0 saturated heterocycles. The number of rotatable bonds is 3. The third-order valence-electron chi connectivity index (χ3n) is 1.99. The molecule has 0 aliphatic rings. The van der Waals surface area contributed by atoms with Crippen LogP contribution in [0, 0.1) is 0 Å². The molecule has 86 valence electrons. The molecule has 0 bridgehead atoms. The van der Waals surface area contributed by atoms with E-state index in [1.54, 1.807) is 18.3 Å². The first-order valence-corrected chi connectivity index (χ1v) is 4.66. The van der Waals surface area contributed by atoms with Crippen molar-refractivity contribution in [1.29, 1.82) is 0 Å². The number of carbonyl (C=O) groups excluding carboxylic acids is 1. The fourth-order valence-corrected chi connectivity index (χ4v) is 1.26. The van der Waals surface area contributed by atoms with Crippen LogP contribution in [-0.4, -0.2) is 31.9 Å². The van der Waals surface area contributed by atoms with Gasteiger partial charge in [0.15, 0.2) is 11.4 Å². The van der Waals surface area contributed by atoms with Crippen LogP contribution in [0.3, 0.4) is 0 Å². The summed E-state index contributed by atoms with van der Waals surface area (Å²) >= 11 is 0. The maximum atomic E-state index is 11.7. The van der Waals surface area contributed by atoms with Gasteiger partial charge in [0.1, 0.15) is 0 Å². The predicted molar refractivity (Wildman–Crippen MR) is 57.7 cm³/mol. The van der Waals surface area contributed by atoms with Crippen LogP contribution in [0.1, 0.15) is 21.0 Å². The average molecular weight is 232 g/mol. The molecule has 0 aromatic carbocycles. The first kappa shape index (κ1) is 10.8. The summed E-state index contributed by atoms with van der Waals surface area (Å²) in [6.07, 6.45) is 4.17. The molecular formula is C10H8N4O3. The number of pyridine rings is 1. The Kier molecular flexibility index (Phi) is 2.82. The van der Waals surface area contributed by atoms with Gasteiger partial charge in [-0.05, 0) is 12.1 Å². The number of aromatic carboxylic acids is 1. The molecular weight excluding hydrogens is 224 g/mol. The second kappa shape index (κ2) is 4.44. The number of aromatic amines is 1.